The number of ether oxygens (including phenoxy) is 2. The van der Waals surface area contributed by atoms with Crippen molar-refractivity contribution >= 4 is 18.0 Å². The largest absolute Gasteiger partial charge is 0.480 e. The summed E-state index contributed by atoms with van der Waals surface area (Å²) in [5.41, 5.74) is 5.49. The molecule has 0 bridgehead atoms. The van der Waals surface area contributed by atoms with Crippen LogP contribution in [0.1, 0.15) is 49.3 Å². The number of carboxylic acid groups (broad SMARTS) is 1. The third kappa shape index (κ3) is 7.27. The molecular weight excluding hydrogens is 508 g/mol. The van der Waals surface area contributed by atoms with Crippen LogP contribution in [0.5, 0.6) is 0 Å². The molecule has 3 atom stereocenters. The lowest BCUT2D eigenvalue weighted by molar-refractivity contribution is -0.146. The van der Waals surface area contributed by atoms with Crippen LogP contribution < -0.4 is 10.6 Å². The van der Waals surface area contributed by atoms with Crippen molar-refractivity contribution in [3.63, 3.8) is 0 Å². The summed E-state index contributed by atoms with van der Waals surface area (Å²) in [6.07, 6.45) is -0.600. The molecule has 1 unspecified atom stereocenters. The number of aliphatic carboxylic acids is 1. The van der Waals surface area contributed by atoms with Crippen LogP contribution in [-0.4, -0.2) is 48.4 Å². The molecule has 1 aliphatic carbocycles. The van der Waals surface area contributed by atoms with Crippen LogP contribution in [0.3, 0.4) is 0 Å². The molecule has 210 valence electrons. The summed E-state index contributed by atoms with van der Waals surface area (Å²) in [5.74, 6) is -1.80. The van der Waals surface area contributed by atoms with Gasteiger partial charge in [0.05, 0.1) is 12.7 Å². The van der Waals surface area contributed by atoms with Gasteiger partial charge in [-0.15, -0.1) is 0 Å². The van der Waals surface area contributed by atoms with E-state index in [1.165, 1.54) is 0 Å². The summed E-state index contributed by atoms with van der Waals surface area (Å²) in [6.45, 7) is 4.22. The first-order valence-electron chi connectivity index (χ1n) is 13.6. The molecule has 3 N–H and O–H groups in total. The van der Waals surface area contributed by atoms with Gasteiger partial charge in [-0.1, -0.05) is 92.2 Å². The summed E-state index contributed by atoms with van der Waals surface area (Å²) in [6, 6.07) is 24.5. The fourth-order valence-electron chi connectivity index (χ4n) is 5.01. The van der Waals surface area contributed by atoms with Gasteiger partial charge >= 0.3 is 12.1 Å². The molecule has 3 aromatic rings. The molecule has 8 heteroatoms. The van der Waals surface area contributed by atoms with E-state index >= 15 is 0 Å². The second-order valence-corrected chi connectivity index (χ2v) is 10.1. The van der Waals surface area contributed by atoms with Crippen LogP contribution in [0.15, 0.2) is 78.9 Å². The number of benzene rings is 3. The van der Waals surface area contributed by atoms with E-state index in [0.717, 1.165) is 27.8 Å². The molecule has 0 fully saturated rings. The SMILES string of the molecule is CCC(CNC(=O)OCC1c2ccccc2-c2ccccc21)CC(=O)N[C@H](C(=O)O)[C@@H](C)OCc1ccccc1. The lowest BCUT2D eigenvalue weighted by Crippen LogP contribution is -2.49. The third-order valence-electron chi connectivity index (χ3n) is 7.34. The Balaban J connectivity index is 1.24. The smallest absolute Gasteiger partial charge is 0.407 e. The molecule has 0 aromatic heterocycles. The Hall–Kier alpha value is -4.17. The summed E-state index contributed by atoms with van der Waals surface area (Å²) in [5, 5.41) is 15.0. The maximum Gasteiger partial charge on any atom is 0.407 e. The Bertz CT molecular complexity index is 1270. The Morgan fingerprint density at radius 2 is 1.50 bits per heavy atom. The minimum Gasteiger partial charge on any atom is -0.480 e. The predicted molar refractivity (Wildman–Crippen MR) is 152 cm³/mol. The van der Waals surface area contributed by atoms with Gasteiger partial charge in [0.2, 0.25) is 5.91 Å². The van der Waals surface area contributed by atoms with Gasteiger partial charge < -0.3 is 25.2 Å². The van der Waals surface area contributed by atoms with E-state index in [2.05, 4.69) is 34.9 Å². The minimum absolute atomic E-state index is 0.0371. The lowest BCUT2D eigenvalue weighted by Gasteiger charge is -2.23. The Kier molecular flexibility index (Phi) is 9.91. The van der Waals surface area contributed by atoms with Crippen LogP contribution in [0.4, 0.5) is 4.79 Å². The van der Waals surface area contributed by atoms with Gasteiger partial charge in [-0.2, -0.15) is 0 Å². The van der Waals surface area contributed by atoms with Gasteiger partial charge in [0.1, 0.15) is 6.61 Å². The van der Waals surface area contributed by atoms with E-state index in [0.29, 0.717) is 6.42 Å². The highest BCUT2D eigenvalue weighted by molar-refractivity contribution is 5.84. The average molecular weight is 545 g/mol. The average Bonchev–Trinajstić information content (AvgIpc) is 3.29. The van der Waals surface area contributed by atoms with E-state index in [1.807, 2.05) is 61.5 Å². The van der Waals surface area contributed by atoms with Crippen molar-refractivity contribution in [1.29, 1.82) is 0 Å². The number of fused-ring (bicyclic) bond motifs is 3. The lowest BCUT2D eigenvalue weighted by atomic mass is 9.98. The molecule has 1 aliphatic rings. The standard InChI is InChI=1S/C32H36N2O6/c1-3-22(17-29(35)34-30(31(36)37)21(2)39-19-23-11-5-4-6-12-23)18-33-32(38)40-20-28-26-15-9-7-13-24(26)25-14-8-10-16-27(25)28/h4-16,21-22,28,30H,3,17-20H2,1-2H3,(H,33,38)(H,34,35)(H,36,37)/t21-,22?,30+/m1/s1. The quantitative estimate of drug-likeness (QED) is 0.275. The van der Waals surface area contributed by atoms with Crippen molar-refractivity contribution in [2.75, 3.05) is 13.2 Å². The van der Waals surface area contributed by atoms with Crippen molar-refractivity contribution in [1.82, 2.24) is 10.6 Å². The van der Waals surface area contributed by atoms with Gasteiger partial charge in [0, 0.05) is 18.9 Å². The number of alkyl carbamates (subject to hydrolysis) is 1. The van der Waals surface area contributed by atoms with Crippen molar-refractivity contribution in [3.05, 3.63) is 95.6 Å². The Morgan fingerprint density at radius 3 is 2.10 bits per heavy atom. The topological polar surface area (TPSA) is 114 Å². The zero-order valence-corrected chi connectivity index (χ0v) is 22.8. The van der Waals surface area contributed by atoms with Gasteiger partial charge in [0.25, 0.3) is 0 Å². The van der Waals surface area contributed by atoms with Crippen molar-refractivity contribution in [2.24, 2.45) is 5.92 Å². The zero-order valence-electron chi connectivity index (χ0n) is 22.8. The maximum atomic E-state index is 12.7. The zero-order chi connectivity index (χ0) is 28.5. The number of hydrogen-bond donors (Lipinski definition) is 3. The van der Waals surface area contributed by atoms with Crippen molar-refractivity contribution in [2.45, 2.75) is 51.4 Å². The summed E-state index contributed by atoms with van der Waals surface area (Å²) < 4.78 is 11.3. The number of hydrogen-bond acceptors (Lipinski definition) is 5. The Morgan fingerprint density at radius 1 is 0.900 bits per heavy atom. The molecule has 0 spiro atoms. The number of amides is 2. The molecule has 4 rings (SSSR count). The first-order valence-corrected chi connectivity index (χ1v) is 13.6. The Labute approximate surface area is 234 Å². The minimum atomic E-state index is -1.19. The highest BCUT2D eigenvalue weighted by Gasteiger charge is 2.30. The van der Waals surface area contributed by atoms with Gasteiger partial charge in [-0.3, -0.25) is 4.79 Å². The second kappa shape index (κ2) is 13.8. The molecule has 40 heavy (non-hydrogen) atoms. The highest BCUT2D eigenvalue weighted by atomic mass is 16.5. The molecule has 0 saturated heterocycles. The normalized spacial score (nSPS) is 14.3. The fourth-order valence-corrected chi connectivity index (χ4v) is 5.01. The van der Waals surface area contributed by atoms with E-state index in [4.69, 9.17) is 9.47 Å². The summed E-state index contributed by atoms with van der Waals surface area (Å²) in [4.78, 5) is 37.1. The first-order chi connectivity index (χ1) is 19.4. The molecule has 0 heterocycles. The van der Waals surface area contributed by atoms with E-state index in [-0.39, 0.29) is 38.0 Å². The summed E-state index contributed by atoms with van der Waals surface area (Å²) in [7, 11) is 0. The van der Waals surface area contributed by atoms with Crippen LogP contribution in [0.25, 0.3) is 11.1 Å². The van der Waals surface area contributed by atoms with Crippen molar-refractivity contribution in [3.8, 4) is 11.1 Å². The van der Waals surface area contributed by atoms with Gasteiger partial charge in [0.15, 0.2) is 6.04 Å². The molecule has 8 nitrogen and oxygen atoms in total. The molecule has 2 amide bonds. The van der Waals surface area contributed by atoms with Crippen LogP contribution >= 0.6 is 0 Å². The number of carbonyl (C=O) groups is 3. The highest BCUT2D eigenvalue weighted by Crippen LogP contribution is 2.44. The van der Waals surface area contributed by atoms with Gasteiger partial charge in [-0.25, -0.2) is 9.59 Å². The predicted octanol–water partition coefficient (Wildman–Crippen LogP) is 5.12. The van der Waals surface area contributed by atoms with Crippen molar-refractivity contribution < 1.29 is 29.0 Å². The monoisotopic (exact) mass is 544 g/mol. The maximum absolute atomic E-state index is 12.7. The second-order valence-electron chi connectivity index (χ2n) is 10.1. The molecule has 0 aliphatic heterocycles. The number of nitrogens with one attached hydrogen (secondary N) is 2. The van der Waals surface area contributed by atoms with Gasteiger partial charge in [-0.05, 0) is 40.7 Å². The number of rotatable bonds is 13. The molecule has 3 aromatic carbocycles. The molecular formula is C32H36N2O6. The number of carbonyl (C=O) groups excluding carboxylic acids is 2. The van der Waals surface area contributed by atoms with E-state index in [1.54, 1.807) is 6.92 Å². The molecule has 0 saturated carbocycles. The first kappa shape index (κ1) is 28.8. The van der Waals surface area contributed by atoms with E-state index in [9.17, 15) is 19.5 Å². The van der Waals surface area contributed by atoms with Crippen LogP contribution in [-0.2, 0) is 25.7 Å². The van der Waals surface area contributed by atoms with E-state index < -0.39 is 30.1 Å². The third-order valence-corrected chi connectivity index (χ3v) is 7.34. The fraction of sp³-hybridized carbons (Fsp3) is 0.344. The molecule has 0 radical (unpaired) electrons. The van der Waals surface area contributed by atoms with Crippen LogP contribution in [0, 0.1) is 5.92 Å². The number of carboxylic acids is 1. The summed E-state index contributed by atoms with van der Waals surface area (Å²) >= 11 is 0. The van der Waals surface area contributed by atoms with Crippen LogP contribution in [0.2, 0.25) is 0 Å².